The summed E-state index contributed by atoms with van der Waals surface area (Å²) in [5.74, 6) is 0.741. The van der Waals surface area contributed by atoms with Gasteiger partial charge in [-0.15, -0.1) is 0 Å². The SMILES string of the molecule is CC1CN(Cc2ccccc2)C[C@@H](c2ccc(Cl)cc2)N1c1ccc(OCCOC2CCCCO2)cc1Cl. The normalized spacial score (nSPS) is 22.4. The average molecular weight is 556 g/mol. The first-order valence-electron chi connectivity index (χ1n) is 13.5. The molecule has 3 aromatic carbocycles. The molecule has 2 heterocycles. The van der Waals surface area contributed by atoms with E-state index in [1.165, 1.54) is 11.1 Å². The third-order valence-electron chi connectivity index (χ3n) is 7.26. The zero-order valence-electron chi connectivity index (χ0n) is 21.9. The maximum atomic E-state index is 6.90. The van der Waals surface area contributed by atoms with E-state index in [0.29, 0.717) is 18.2 Å². The Balaban J connectivity index is 1.29. The molecule has 0 aromatic heterocycles. The molecule has 3 atom stereocenters. The van der Waals surface area contributed by atoms with E-state index >= 15 is 0 Å². The first kappa shape index (κ1) is 27.3. The molecule has 0 N–H and O–H groups in total. The van der Waals surface area contributed by atoms with Crippen molar-refractivity contribution in [2.75, 3.05) is 37.8 Å². The molecule has 0 radical (unpaired) electrons. The molecule has 0 aliphatic carbocycles. The van der Waals surface area contributed by atoms with Crippen molar-refractivity contribution in [2.45, 2.75) is 51.1 Å². The van der Waals surface area contributed by atoms with Crippen molar-refractivity contribution >= 4 is 28.9 Å². The lowest BCUT2D eigenvalue weighted by Crippen LogP contribution is -2.53. The van der Waals surface area contributed by atoms with Gasteiger partial charge in [0.1, 0.15) is 12.4 Å². The van der Waals surface area contributed by atoms with E-state index < -0.39 is 0 Å². The van der Waals surface area contributed by atoms with Crippen LogP contribution in [0.4, 0.5) is 5.69 Å². The summed E-state index contributed by atoms with van der Waals surface area (Å²) < 4.78 is 17.4. The second kappa shape index (κ2) is 13.2. The molecule has 0 spiro atoms. The molecule has 7 heteroatoms. The summed E-state index contributed by atoms with van der Waals surface area (Å²) in [4.78, 5) is 4.97. The van der Waals surface area contributed by atoms with E-state index in [0.717, 1.165) is 62.0 Å². The number of halogens is 2. The number of benzene rings is 3. The first-order chi connectivity index (χ1) is 18.6. The fraction of sp³-hybridized carbons (Fsp3) is 0.419. The summed E-state index contributed by atoms with van der Waals surface area (Å²) in [5, 5.41) is 1.42. The highest BCUT2D eigenvalue weighted by Gasteiger charge is 2.34. The number of anilines is 1. The molecule has 2 aliphatic heterocycles. The van der Waals surface area contributed by atoms with Crippen LogP contribution in [-0.2, 0) is 16.0 Å². The Hall–Kier alpha value is -2.28. The standard InChI is InChI=1S/C31H36Cl2N2O3/c1-23-20-34(21-24-7-3-2-4-8-24)22-30(25-10-12-26(32)13-11-25)35(23)29-15-14-27(19-28(29)33)36-17-18-38-31-9-5-6-16-37-31/h2-4,7-8,10-15,19,23,30-31H,5-6,9,16-18,20-22H2,1H3/t23?,30-,31?/m0/s1. The summed E-state index contributed by atoms with van der Waals surface area (Å²) >= 11 is 13.1. The van der Waals surface area contributed by atoms with Gasteiger partial charge < -0.3 is 19.1 Å². The molecule has 3 aromatic rings. The van der Waals surface area contributed by atoms with Gasteiger partial charge in [-0.05, 0) is 61.6 Å². The molecule has 5 rings (SSSR count). The van der Waals surface area contributed by atoms with E-state index in [1.54, 1.807) is 0 Å². The second-order valence-electron chi connectivity index (χ2n) is 10.1. The monoisotopic (exact) mass is 554 g/mol. The van der Waals surface area contributed by atoms with Crippen molar-refractivity contribution in [3.63, 3.8) is 0 Å². The number of hydrogen-bond acceptors (Lipinski definition) is 5. The summed E-state index contributed by atoms with van der Waals surface area (Å²) in [6.07, 6.45) is 3.11. The van der Waals surface area contributed by atoms with Gasteiger partial charge in [-0.3, -0.25) is 4.90 Å². The fourth-order valence-corrected chi connectivity index (χ4v) is 5.87. The number of nitrogens with zero attached hydrogens (tertiary/aromatic N) is 2. The second-order valence-corrected chi connectivity index (χ2v) is 11.0. The predicted molar refractivity (Wildman–Crippen MR) is 154 cm³/mol. The molecule has 2 saturated heterocycles. The van der Waals surface area contributed by atoms with Crippen LogP contribution in [0.1, 0.15) is 43.4 Å². The van der Waals surface area contributed by atoms with Crippen LogP contribution in [0.25, 0.3) is 0 Å². The van der Waals surface area contributed by atoms with E-state index in [2.05, 4.69) is 65.3 Å². The lowest BCUT2D eigenvalue weighted by atomic mass is 9.97. The molecule has 38 heavy (non-hydrogen) atoms. The number of ether oxygens (including phenoxy) is 3. The quantitative estimate of drug-likeness (QED) is 0.258. The largest absolute Gasteiger partial charge is 0.491 e. The fourth-order valence-electron chi connectivity index (χ4n) is 5.47. The molecule has 0 amide bonds. The smallest absolute Gasteiger partial charge is 0.157 e. The highest BCUT2D eigenvalue weighted by molar-refractivity contribution is 6.33. The summed E-state index contributed by atoms with van der Waals surface area (Å²) in [7, 11) is 0. The molecule has 2 fully saturated rings. The molecular formula is C31H36Cl2N2O3. The first-order valence-corrected chi connectivity index (χ1v) is 14.3. The Labute approximate surface area is 236 Å². The van der Waals surface area contributed by atoms with Gasteiger partial charge in [0.15, 0.2) is 6.29 Å². The molecule has 202 valence electrons. The summed E-state index contributed by atoms with van der Waals surface area (Å²) in [6, 6.07) is 25.2. The van der Waals surface area contributed by atoms with Crippen molar-refractivity contribution in [1.29, 1.82) is 0 Å². The molecule has 2 unspecified atom stereocenters. The highest BCUT2D eigenvalue weighted by Crippen LogP contribution is 2.39. The maximum Gasteiger partial charge on any atom is 0.157 e. The zero-order valence-corrected chi connectivity index (χ0v) is 23.4. The van der Waals surface area contributed by atoms with Crippen molar-refractivity contribution in [3.05, 3.63) is 94.0 Å². The Bertz CT molecular complexity index is 1160. The van der Waals surface area contributed by atoms with Gasteiger partial charge in [0.2, 0.25) is 0 Å². The van der Waals surface area contributed by atoms with Gasteiger partial charge in [-0.2, -0.15) is 0 Å². The van der Waals surface area contributed by atoms with Gasteiger partial charge in [0.05, 0.1) is 23.4 Å². The van der Waals surface area contributed by atoms with Crippen LogP contribution in [0.2, 0.25) is 10.0 Å². The van der Waals surface area contributed by atoms with Crippen LogP contribution in [0.5, 0.6) is 5.75 Å². The van der Waals surface area contributed by atoms with Crippen LogP contribution >= 0.6 is 23.2 Å². The molecule has 0 bridgehead atoms. The third kappa shape index (κ3) is 7.02. The minimum Gasteiger partial charge on any atom is -0.491 e. The highest BCUT2D eigenvalue weighted by atomic mass is 35.5. The topological polar surface area (TPSA) is 34.2 Å². The van der Waals surface area contributed by atoms with E-state index in [-0.39, 0.29) is 18.4 Å². The van der Waals surface area contributed by atoms with Crippen molar-refractivity contribution in [1.82, 2.24) is 4.90 Å². The van der Waals surface area contributed by atoms with E-state index in [1.807, 2.05) is 24.3 Å². The van der Waals surface area contributed by atoms with E-state index in [9.17, 15) is 0 Å². The zero-order chi connectivity index (χ0) is 26.3. The predicted octanol–water partition coefficient (Wildman–Crippen LogP) is 7.37. The lowest BCUT2D eigenvalue weighted by Gasteiger charge is -2.47. The van der Waals surface area contributed by atoms with E-state index in [4.69, 9.17) is 37.4 Å². The van der Waals surface area contributed by atoms with Crippen LogP contribution in [0, 0.1) is 0 Å². The Morgan fingerprint density at radius 1 is 0.921 bits per heavy atom. The maximum absolute atomic E-state index is 6.90. The van der Waals surface area contributed by atoms with Crippen LogP contribution in [0.3, 0.4) is 0 Å². The molecule has 2 aliphatic rings. The van der Waals surface area contributed by atoms with Gasteiger partial charge in [-0.1, -0.05) is 65.7 Å². The number of piperazine rings is 1. The summed E-state index contributed by atoms with van der Waals surface area (Å²) in [6.45, 7) is 6.73. The Kier molecular flexibility index (Phi) is 9.47. The third-order valence-corrected chi connectivity index (χ3v) is 7.81. The average Bonchev–Trinajstić information content (AvgIpc) is 2.93. The number of hydrogen-bond donors (Lipinski definition) is 0. The van der Waals surface area contributed by atoms with Gasteiger partial charge in [-0.25, -0.2) is 0 Å². The minimum absolute atomic E-state index is 0.106. The van der Waals surface area contributed by atoms with Crippen molar-refractivity contribution in [2.24, 2.45) is 0 Å². The molecule has 5 nitrogen and oxygen atoms in total. The Morgan fingerprint density at radius 2 is 1.74 bits per heavy atom. The van der Waals surface area contributed by atoms with Crippen LogP contribution in [-0.4, -0.2) is 50.1 Å². The minimum atomic E-state index is -0.106. The van der Waals surface area contributed by atoms with Crippen molar-refractivity contribution < 1.29 is 14.2 Å². The number of rotatable bonds is 9. The Morgan fingerprint density at radius 3 is 2.47 bits per heavy atom. The summed E-state index contributed by atoms with van der Waals surface area (Å²) in [5.41, 5.74) is 3.55. The van der Waals surface area contributed by atoms with Gasteiger partial charge in [0, 0.05) is 43.4 Å². The van der Waals surface area contributed by atoms with Gasteiger partial charge in [0.25, 0.3) is 0 Å². The molecular weight excluding hydrogens is 519 g/mol. The molecule has 0 saturated carbocycles. The van der Waals surface area contributed by atoms with Gasteiger partial charge >= 0.3 is 0 Å². The van der Waals surface area contributed by atoms with Crippen LogP contribution in [0.15, 0.2) is 72.8 Å². The lowest BCUT2D eigenvalue weighted by molar-refractivity contribution is -0.165. The van der Waals surface area contributed by atoms with Crippen molar-refractivity contribution in [3.8, 4) is 5.75 Å². The van der Waals surface area contributed by atoms with Crippen LogP contribution < -0.4 is 9.64 Å².